The zero-order valence-electron chi connectivity index (χ0n) is 7.01. The van der Waals surface area contributed by atoms with E-state index in [1.165, 1.54) is 12.8 Å². The minimum absolute atomic E-state index is 0. The number of rotatable bonds is 3. The predicted molar refractivity (Wildman–Crippen MR) is 49.8 cm³/mol. The first-order valence-corrected chi connectivity index (χ1v) is 4.06. The largest absolute Gasteiger partial charge is 0.314 e. The van der Waals surface area contributed by atoms with Gasteiger partial charge in [-0.3, -0.25) is 10.2 Å². The van der Waals surface area contributed by atoms with Crippen molar-refractivity contribution >= 4 is 18.3 Å². The van der Waals surface area contributed by atoms with Gasteiger partial charge in [-0.05, 0) is 25.8 Å². The Kier molecular flexibility index (Phi) is 6.06. The third-order valence-corrected chi connectivity index (χ3v) is 2.04. The number of amides is 1. The van der Waals surface area contributed by atoms with Crippen LogP contribution in [-0.4, -0.2) is 18.5 Å². The van der Waals surface area contributed by atoms with E-state index in [2.05, 4.69) is 10.7 Å². The summed E-state index contributed by atoms with van der Waals surface area (Å²) in [5.74, 6) is 4.87. The van der Waals surface area contributed by atoms with Gasteiger partial charge in [-0.1, -0.05) is 0 Å². The van der Waals surface area contributed by atoms with E-state index in [1.807, 2.05) is 0 Å². The highest BCUT2D eigenvalue weighted by Gasteiger charge is 2.14. The van der Waals surface area contributed by atoms with Crippen LogP contribution in [0.15, 0.2) is 0 Å². The van der Waals surface area contributed by atoms with E-state index in [0.717, 1.165) is 13.0 Å². The average molecular weight is 194 g/mol. The molecule has 0 bridgehead atoms. The fourth-order valence-corrected chi connectivity index (χ4v) is 1.38. The number of hydrazine groups is 1. The topological polar surface area (TPSA) is 67.1 Å². The van der Waals surface area contributed by atoms with Gasteiger partial charge in [0.1, 0.15) is 0 Å². The second-order valence-corrected chi connectivity index (χ2v) is 2.90. The Balaban J connectivity index is 0.00000121. The molecule has 0 aliphatic carbocycles. The molecule has 0 unspecified atom stereocenters. The van der Waals surface area contributed by atoms with Gasteiger partial charge in [0.25, 0.3) is 0 Å². The van der Waals surface area contributed by atoms with Gasteiger partial charge < -0.3 is 5.32 Å². The zero-order chi connectivity index (χ0) is 8.10. The Morgan fingerprint density at radius 3 is 2.92 bits per heavy atom. The van der Waals surface area contributed by atoms with Gasteiger partial charge in [-0.25, -0.2) is 5.84 Å². The van der Waals surface area contributed by atoms with Crippen molar-refractivity contribution in [1.29, 1.82) is 0 Å². The molecule has 4 N–H and O–H groups in total. The monoisotopic (exact) mass is 193 g/mol. The van der Waals surface area contributed by atoms with Crippen LogP contribution in [0.4, 0.5) is 0 Å². The van der Waals surface area contributed by atoms with Crippen LogP contribution in [0.3, 0.4) is 0 Å². The summed E-state index contributed by atoms with van der Waals surface area (Å²) in [6, 6.07) is 0.535. The van der Waals surface area contributed by atoms with Crippen molar-refractivity contribution < 1.29 is 4.79 Å². The molecule has 1 rings (SSSR count). The molecule has 0 saturated carbocycles. The van der Waals surface area contributed by atoms with Crippen LogP contribution >= 0.6 is 12.4 Å². The summed E-state index contributed by atoms with van der Waals surface area (Å²) in [5, 5.41) is 3.32. The molecule has 0 spiro atoms. The fraction of sp³-hybridized carbons (Fsp3) is 0.857. The lowest BCUT2D eigenvalue weighted by molar-refractivity contribution is -0.121. The number of hydrogen-bond acceptors (Lipinski definition) is 3. The molecule has 12 heavy (non-hydrogen) atoms. The van der Waals surface area contributed by atoms with Crippen molar-refractivity contribution in [1.82, 2.24) is 10.7 Å². The SMILES string of the molecule is Cl.NNC(=O)CC[C@@H]1CCCN1. The molecule has 1 amide bonds. The first-order valence-electron chi connectivity index (χ1n) is 4.06. The number of hydrogen-bond donors (Lipinski definition) is 3. The number of nitrogens with one attached hydrogen (secondary N) is 2. The molecule has 4 nitrogen and oxygen atoms in total. The Morgan fingerprint density at radius 2 is 2.42 bits per heavy atom. The van der Waals surface area contributed by atoms with Gasteiger partial charge in [-0.2, -0.15) is 0 Å². The Labute approximate surface area is 78.6 Å². The molecular weight excluding hydrogens is 178 g/mol. The van der Waals surface area contributed by atoms with E-state index in [4.69, 9.17) is 5.84 Å². The van der Waals surface area contributed by atoms with Crippen LogP contribution < -0.4 is 16.6 Å². The van der Waals surface area contributed by atoms with Crippen LogP contribution in [-0.2, 0) is 4.79 Å². The Bertz CT molecular complexity index is 137. The maximum Gasteiger partial charge on any atom is 0.233 e. The van der Waals surface area contributed by atoms with Crippen LogP contribution in [0, 0.1) is 0 Å². The van der Waals surface area contributed by atoms with Crippen molar-refractivity contribution in [2.75, 3.05) is 6.54 Å². The Morgan fingerprint density at radius 1 is 1.67 bits per heavy atom. The minimum atomic E-state index is -0.0706. The number of nitrogens with two attached hydrogens (primary N) is 1. The van der Waals surface area contributed by atoms with Gasteiger partial charge in [0.2, 0.25) is 5.91 Å². The highest BCUT2D eigenvalue weighted by Crippen LogP contribution is 2.09. The van der Waals surface area contributed by atoms with Crippen molar-refractivity contribution in [2.45, 2.75) is 31.7 Å². The second-order valence-electron chi connectivity index (χ2n) is 2.90. The predicted octanol–water partition coefficient (Wildman–Crippen LogP) is -0.0697. The summed E-state index contributed by atoms with van der Waals surface area (Å²) >= 11 is 0. The van der Waals surface area contributed by atoms with E-state index in [1.54, 1.807) is 0 Å². The summed E-state index contributed by atoms with van der Waals surface area (Å²) in [4.78, 5) is 10.7. The van der Waals surface area contributed by atoms with E-state index >= 15 is 0 Å². The van der Waals surface area contributed by atoms with Crippen LogP contribution in [0.5, 0.6) is 0 Å². The molecular formula is C7H16ClN3O. The van der Waals surface area contributed by atoms with Crippen molar-refractivity contribution in [3.05, 3.63) is 0 Å². The third-order valence-electron chi connectivity index (χ3n) is 2.04. The van der Waals surface area contributed by atoms with Crippen molar-refractivity contribution in [2.24, 2.45) is 5.84 Å². The molecule has 1 heterocycles. The molecule has 1 saturated heterocycles. The van der Waals surface area contributed by atoms with E-state index in [-0.39, 0.29) is 18.3 Å². The van der Waals surface area contributed by atoms with Gasteiger partial charge in [0, 0.05) is 12.5 Å². The normalized spacial score (nSPS) is 21.6. The second kappa shape index (κ2) is 6.22. The fourth-order valence-electron chi connectivity index (χ4n) is 1.38. The minimum Gasteiger partial charge on any atom is -0.314 e. The maximum absolute atomic E-state index is 10.7. The molecule has 0 aromatic carbocycles. The van der Waals surface area contributed by atoms with E-state index in [0.29, 0.717) is 12.5 Å². The molecule has 0 radical (unpaired) electrons. The molecule has 72 valence electrons. The summed E-state index contributed by atoms with van der Waals surface area (Å²) in [6.07, 6.45) is 3.87. The van der Waals surface area contributed by atoms with Crippen molar-refractivity contribution in [3.63, 3.8) is 0 Å². The third kappa shape index (κ3) is 3.90. The molecule has 1 atom stereocenters. The molecule has 1 fully saturated rings. The van der Waals surface area contributed by atoms with Crippen LogP contribution in [0.2, 0.25) is 0 Å². The number of carbonyl (C=O) groups excluding carboxylic acids is 1. The van der Waals surface area contributed by atoms with Gasteiger partial charge in [-0.15, -0.1) is 12.4 Å². The first kappa shape index (κ1) is 11.7. The first-order chi connectivity index (χ1) is 5.33. The maximum atomic E-state index is 10.7. The lowest BCUT2D eigenvalue weighted by Crippen LogP contribution is -2.31. The molecule has 5 heteroatoms. The molecule has 0 aromatic rings. The summed E-state index contributed by atoms with van der Waals surface area (Å²) in [7, 11) is 0. The lowest BCUT2D eigenvalue weighted by atomic mass is 10.1. The molecule has 1 aliphatic rings. The summed E-state index contributed by atoms with van der Waals surface area (Å²) < 4.78 is 0. The summed E-state index contributed by atoms with van der Waals surface area (Å²) in [6.45, 7) is 1.09. The van der Waals surface area contributed by atoms with Gasteiger partial charge >= 0.3 is 0 Å². The standard InChI is InChI=1S/C7H15N3O.ClH/c8-10-7(11)4-3-6-2-1-5-9-6;/h6,9H,1-5,8H2,(H,10,11);1H/t6-;/m0./s1. The number of halogens is 1. The number of carbonyl (C=O) groups is 1. The lowest BCUT2D eigenvalue weighted by Gasteiger charge is -2.07. The van der Waals surface area contributed by atoms with Crippen molar-refractivity contribution in [3.8, 4) is 0 Å². The van der Waals surface area contributed by atoms with Gasteiger partial charge in [0.05, 0.1) is 0 Å². The van der Waals surface area contributed by atoms with E-state index < -0.39 is 0 Å². The highest BCUT2D eigenvalue weighted by molar-refractivity contribution is 5.85. The average Bonchev–Trinajstić information content (AvgIpc) is 2.52. The van der Waals surface area contributed by atoms with Gasteiger partial charge in [0.15, 0.2) is 0 Å². The molecule has 0 aromatic heterocycles. The van der Waals surface area contributed by atoms with Crippen LogP contribution in [0.25, 0.3) is 0 Å². The Hall–Kier alpha value is -0.320. The smallest absolute Gasteiger partial charge is 0.233 e. The molecule has 1 aliphatic heterocycles. The highest BCUT2D eigenvalue weighted by atomic mass is 35.5. The van der Waals surface area contributed by atoms with E-state index in [9.17, 15) is 4.79 Å². The zero-order valence-corrected chi connectivity index (χ0v) is 7.82. The van der Waals surface area contributed by atoms with Crippen LogP contribution in [0.1, 0.15) is 25.7 Å². The quantitative estimate of drug-likeness (QED) is 0.334. The summed E-state index contributed by atoms with van der Waals surface area (Å²) in [5.41, 5.74) is 2.12.